The summed E-state index contributed by atoms with van der Waals surface area (Å²) in [6.45, 7) is 0.142. The van der Waals surface area contributed by atoms with Crippen LogP contribution in [0.5, 0.6) is 11.5 Å². The maximum atomic E-state index is 10.8. The summed E-state index contributed by atoms with van der Waals surface area (Å²) in [4.78, 5) is 10.8. The van der Waals surface area contributed by atoms with Crippen LogP contribution < -0.4 is 20.9 Å². The molecule has 0 fully saturated rings. The number of benzene rings is 1. The summed E-state index contributed by atoms with van der Waals surface area (Å²) >= 11 is 5.98. The summed E-state index contributed by atoms with van der Waals surface area (Å²) in [6.07, 6.45) is 0.0654. The fourth-order valence-corrected chi connectivity index (χ4v) is 1.81. The first-order valence-electron chi connectivity index (χ1n) is 4.71. The molecule has 1 aromatic rings. The van der Waals surface area contributed by atoms with Crippen LogP contribution in [0, 0.1) is 0 Å². The molecule has 0 unspecified atom stereocenters. The zero-order chi connectivity index (χ0) is 11.7. The molecule has 0 saturated carbocycles. The lowest BCUT2D eigenvalue weighted by Gasteiger charge is -2.11. The van der Waals surface area contributed by atoms with Crippen LogP contribution in [0.2, 0.25) is 5.02 Å². The van der Waals surface area contributed by atoms with Crippen LogP contribution in [0.1, 0.15) is 18.0 Å². The normalized spacial score (nSPS) is 14.9. The van der Waals surface area contributed by atoms with Gasteiger partial charge >= 0.3 is 0 Å². The Bertz CT molecular complexity index is 436. The quantitative estimate of drug-likeness (QED) is 0.826. The van der Waals surface area contributed by atoms with E-state index in [0.29, 0.717) is 22.1 Å². The Morgan fingerprint density at radius 2 is 2.25 bits per heavy atom. The van der Waals surface area contributed by atoms with Gasteiger partial charge in [0.1, 0.15) is 0 Å². The van der Waals surface area contributed by atoms with Gasteiger partial charge in [0.15, 0.2) is 11.5 Å². The number of amides is 1. The van der Waals surface area contributed by atoms with Crippen LogP contribution in [0.15, 0.2) is 12.1 Å². The standard InChI is InChI=1S/C10H11ClN2O3/c11-6-1-5(7(12)3-9(13)14)2-8-10(6)16-4-15-8/h1-2,7H,3-4,12H2,(H2,13,14)/t7-/m1/s1. The van der Waals surface area contributed by atoms with Gasteiger partial charge in [-0.25, -0.2) is 0 Å². The van der Waals surface area contributed by atoms with E-state index >= 15 is 0 Å². The van der Waals surface area contributed by atoms with Gasteiger partial charge in [0, 0.05) is 12.5 Å². The van der Waals surface area contributed by atoms with Crippen molar-refractivity contribution >= 4 is 17.5 Å². The first-order valence-corrected chi connectivity index (χ1v) is 5.08. The van der Waals surface area contributed by atoms with Crippen LogP contribution in [0.25, 0.3) is 0 Å². The molecule has 6 heteroatoms. The average Bonchev–Trinajstić information content (AvgIpc) is 2.64. The lowest BCUT2D eigenvalue weighted by atomic mass is 10.0. The molecule has 1 aromatic carbocycles. The second-order valence-corrected chi connectivity index (χ2v) is 3.92. The molecule has 4 N–H and O–H groups in total. The van der Waals surface area contributed by atoms with Crippen molar-refractivity contribution in [3.05, 3.63) is 22.7 Å². The fraction of sp³-hybridized carbons (Fsp3) is 0.300. The molecule has 1 aliphatic heterocycles. The van der Waals surface area contributed by atoms with Crippen LogP contribution >= 0.6 is 11.6 Å². The number of halogens is 1. The van der Waals surface area contributed by atoms with Gasteiger partial charge in [-0.05, 0) is 17.7 Å². The summed E-state index contributed by atoms with van der Waals surface area (Å²) in [5.74, 6) is 0.598. The summed E-state index contributed by atoms with van der Waals surface area (Å²) in [5.41, 5.74) is 11.6. The third-order valence-electron chi connectivity index (χ3n) is 2.30. The molecule has 1 atom stereocenters. The molecule has 16 heavy (non-hydrogen) atoms. The average molecular weight is 243 g/mol. The number of nitrogens with two attached hydrogens (primary N) is 2. The number of carbonyl (C=O) groups excluding carboxylic acids is 1. The van der Waals surface area contributed by atoms with E-state index in [1.54, 1.807) is 12.1 Å². The molecule has 1 amide bonds. The number of carbonyl (C=O) groups is 1. The van der Waals surface area contributed by atoms with E-state index in [1.165, 1.54) is 0 Å². The molecule has 5 nitrogen and oxygen atoms in total. The summed E-state index contributed by atoms with van der Waals surface area (Å²) < 4.78 is 10.4. The van der Waals surface area contributed by atoms with Gasteiger partial charge in [-0.2, -0.15) is 0 Å². The molecule has 86 valence electrons. The van der Waals surface area contributed by atoms with Crippen molar-refractivity contribution in [3.63, 3.8) is 0 Å². The molecule has 0 aliphatic carbocycles. The van der Waals surface area contributed by atoms with Gasteiger partial charge in [-0.15, -0.1) is 0 Å². The summed E-state index contributed by atoms with van der Waals surface area (Å²) in [6, 6.07) is 2.88. The van der Waals surface area contributed by atoms with Gasteiger partial charge in [-0.1, -0.05) is 11.6 Å². The smallest absolute Gasteiger partial charge is 0.231 e. The molecule has 0 bridgehead atoms. The van der Waals surface area contributed by atoms with Crippen LogP contribution in [-0.4, -0.2) is 12.7 Å². The van der Waals surface area contributed by atoms with Crippen molar-refractivity contribution in [1.82, 2.24) is 0 Å². The van der Waals surface area contributed by atoms with Gasteiger partial charge in [-0.3, -0.25) is 4.79 Å². The number of rotatable bonds is 3. The Balaban J connectivity index is 2.29. The van der Waals surface area contributed by atoms with Crippen LogP contribution in [0.4, 0.5) is 0 Å². The van der Waals surface area contributed by atoms with Crippen molar-refractivity contribution in [3.8, 4) is 11.5 Å². The first kappa shape index (κ1) is 11.0. The largest absolute Gasteiger partial charge is 0.454 e. The zero-order valence-corrected chi connectivity index (χ0v) is 9.16. The molecule has 0 radical (unpaired) electrons. The topological polar surface area (TPSA) is 87.6 Å². The van der Waals surface area contributed by atoms with Crippen molar-refractivity contribution in [2.24, 2.45) is 11.5 Å². The van der Waals surface area contributed by atoms with Crippen LogP contribution in [-0.2, 0) is 4.79 Å². The maximum Gasteiger partial charge on any atom is 0.231 e. The van der Waals surface area contributed by atoms with E-state index in [0.717, 1.165) is 0 Å². The van der Waals surface area contributed by atoms with E-state index in [2.05, 4.69) is 0 Å². The maximum absolute atomic E-state index is 10.8. The van der Waals surface area contributed by atoms with Crippen molar-refractivity contribution in [2.75, 3.05) is 6.79 Å². The third kappa shape index (κ3) is 2.05. The minimum absolute atomic E-state index is 0.0654. The van der Waals surface area contributed by atoms with Crippen molar-refractivity contribution in [1.29, 1.82) is 0 Å². The molecular formula is C10H11ClN2O3. The molecular weight excluding hydrogens is 232 g/mol. The van der Waals surface area contributed by atoms with E-state index in [1.807, 2.05) is 0 Å². The molecule has 1 aliphatic rings. The molecule has 0 saturated heterocycles. The second-order valence-electron chi connectivity index (χ2n) is 3.51. The molecule has 0 aromatic heterocycles. The minimum Gasteiger partial charge on any atom is -0.454 e. The summed E-state index contributed by atoms with van der Waals surface area (Å²) in [5, 5.41) is 0.421. The van der Waals surface area contributed by atoms with Crippen molar-refractivity contribution in [2.45, 2.75) is 12.5 Å². The SMILES string of the molecule is NC(=O)C[C@@H](N)c1cc(Cl)c2c(c1)OCO2. The minimum atomic E-state index is -0.482. The molecule has 2 rings (SSSR count). The number of hydrogen-bond acceptors (Lipinski definition) is 4. The van der Waals surface area contributed by atoms with Gasteiger partial charge < -0.3 is 20.9 Å². The first-order chi connectivity index (χ1) is 7.58. The number of fused-ring (bicyclic) bond motifs is 1. The number of ether oxygens (including phenoxy) is 2. The third-order valence-corrected chi connectivity index (χ3v) is 2.58. The lowest BCUT2D eigenvalue weighted by molar-refractivity contribution is -0.118. The monoisotopic (exact) mass is 242 g/mol. The second kappa shape index (κ2) is 4.19. The highest BCUT2D eigenvalue weighted by Gasteiger charge is 2.20. The Hall–Kier alpha value is -1.46. The van der Waals surface area contributed by atoms with Gasteiger partial charge in [0.2, 0.25) is 12.7 Å². The molecule has 1 heterocycles. The molecule has 0 spiro atoms. The van der Waals surface area contributed by atoms with E-state index in [9.17, 15) is 4.79 Å². The predicted octanol–water partition coefficient (Wildman–Crippen LogP) is 0.944. The van der Waals surface area contributed by atoms with E-state index in [-0.39, 0.29) is 13.2 Å². The van der Waals surface area contributed by atoms with Gasteiger partial charge in [0.25, 0.3) is 0 Å². The Labute approximate surface area is 97.3 Å². The number of hydrogen-bond donors (Lipinski definition) is 2. The van der Waals surface area contributed by atoms with Crippen molar-refractivity contribution < 1.29 is 14.3 Å². The Kier molecular flexibility index (Phi) is 2.89. The predicted molar refractivity (Wildman–Crippen MR) is 58.3 cm³/mol. The summed E-state index contributed by atoms with van der Waals surface area (Å²) in [7, 11) is 0. The Morgan fingerprint density at radius 3 is 2.94 bits per heavy atom. The van der Waals surface area contributed by atoms with E-state index < -0.39 is 11.9 Å². The van der Waals surface area contributed by atoms with Gasteiger partial charge in [0.05, 0.1) is 5.02 Å². The zero-order valence-electron chi connectivity index (χ0n) is 8.40. The van der Waals surface area contributed by atoms with Crippen LogP contribution in [0.3, 0.4) is 0 Å². The highest BCUT2D eigenvalue weighted by molar-refractivity contribution is 6.32. The Morgan fingerprint density at radius 1 is 1.50 bits per heavy atom. The highest BCUT2D eigenvalue weighted by atomic mass is 35.5. The fourth-order valence-electron chi connectivity index (χ4n) is 1.54. The number of primary amides is 1. The lowest BCUT2D eigenvalue weighted by Crippen LogP contribution is -2.20. The van der Waals surface area contributed by atoms with E-state index in [4.69, 9.17) is 32.5 Å². The highest BCUT2D eigenvalue weighted by Crippen LogP contribution is 2.41.